The predicted molar refractivity (Wildman–Crippen MR) is 67.0 cm³/mol. The minimum Gasteiger partial charge on any atom is -0.384 e. The molecule has 0 aromatic carbocycles. The SMILES string of the molecule is COCCC(=O)N1[C@@H]2CC[C@H]1c1cccnc1C2. The summed E-state index contributed by atoms with van der Waals surface area (Å²) in [6.07, 6.45) is 5.41. The number of carbonyl (C=O) groups excluding carboxylic acids is 1. The third-order valence-electron chi connectivity index (χ3n) is 4.02. The zero-order valence-electron chi connectivity index (χ0n) is 10.6. The van der Waals surface area contributed by atoms with Gasteiger partial charge in [-0.3, -0.25) is 9.78 Å². The average Bonchev–Trinajstić information content (AvgIpc) is 2.72. The summed E-state index contributed by atoms with van der Waals surface area (Å²) < 4.78 is 5.00. The van der Waals surface area contributed by atoms with Gasteiger partial charge in [-0.25, -0.2) is 0 Å². The number of rotatable bonds is 3. The van der Waals surface area contributed by atoms with Crippen LogP contribution in [0, 0.1) is 0 Å². The minimum atomic E-state index is 0.221. The Bertz CT molecular complexity index is 461. The van der Waals surface area contributed by atoms with Gasteiger partial charge in [0.25, 0.3) is 0 Å². The summed E-state index contributed by atoms with van der Waals surface area (Å²) >= 11 is 0. The van der Waals surface area contributed by atoms with Crippen LogP contribution in [0.2, 0.25) is 0 Å². The van der Waals surface area contributed by atoms with Gasteiger partial charge in [0.05, 0.1) is 19.1 Å². The first-order chi connectivity index (χ1) is 8.81. The molecule has 2 atom stereocenters. The fourth-order valence-electron chi connectivity index (χ4n) is 3.23. The predicted octanol–water partition coefficient (Wildman–Crippen LogP) is 1.71. The Kier molecular flexibility index (Phi) is 3.04. The number of aromatic nitrogens is 1. The van der Waals surface area contributed by atoms with Crippen molar-refractivity contribution in [3.8, 4) is 0 Å². The Morgan fingerprint density at radius 2 is 2.44 bits per heavy atom. The van der Waals surface area contributed by atoms with Crippen molar-refractivity contribution in [3.63, 3.8) is 0 Å². The molecule has 0 spiro atoms. The number of carbonyl (C=O) groups is 1. The molecule has 2 bridgehead atoms. The van der Waals surface area contributed by atoms with Crippen molar-refractivity contribution in [1.82, 2.24) is 9.88 Å². The van der Waals surface area contributed by atoms with E-state index in [0.717, 1.165) is 19.3 Å². The van der Waals surface area contributed by atoms with Gasteiger partial charge in [-0.2, -0.15) is 0 Å². The van der Waals surface area contributed by atoms with Crippen molar-refractivity contribution in [2.24, 2.45) is 0 Å². The summed E-state index contributed by atoms with van der Waals surface area (Å²) in [4.78, 5) is 18.8. The number of nitrogens with zero attached hydrogens (tertiary/aromatic N) is 2. The third-order valence-corrected chi connectivity index (χ3v) is 4.02. The van der Waals surface area contributed by atoms with Crippen molar-refractivity contribution in [3.05, 3.63) is 29.6 Å². The molecule has 3 rings (SSSR count). The molecular weight excluding hydrogens is 228 g/mol. The molecule has 2 aliphatic heterocycles. The topological polar surface area (TPSA) is 42.4 Å². The molecule has 0 saturated carbocycles. The number of methoxy groups -OCH3 is 1. The average molecular weight is 246 g/mol. The van der Waals surface area contributed by atoms with Gasteiger partial charge in [0.2, 0.25) is 5.91 Å². The summed E-state index contributed by atoms with van der Waals surface area (Å²) in [5.41, 5.74) is 2.43. The van der Waals surface area contributed by atoms with Crippen molar-refractivity contribution in [2.75, 3.05) is 13.7 Å². The number of amides is 1. The zero-order chi connectivity index (χ0) is 12.5. The Hall–Kier alpha value is -1.42. The van der Waals surface area contributed by atoms with Crippen molar-refractivity contribution in [2.45, 2.75) is 37.8 Å². The fraction of sp³-hybridized carbons (Fsp3) is 0.571. The Morgan fingerprint density at radius 1 is 1.56 bits per heavy atom. The summed E-state index contributed by atoms with van der Waals surface area (Å²) in [5.74, 6) is 0.221. The van der Waals surface area contributed by atoms with Crippen LogP contribution in [0.1, 0.15) is 36.6 Å². The molecular formula is C14H18N2O2. The van der Waals surface area contributed by atoms with E-state index in [-0.39, 0.29) is 11.9 Å². The lowest BCUT2D eigenvalue weighted by Gasteiger charge is -2.35. The van der Waals surface area contributed by atoms with Crippen LogP contribution in [0.25, 0.3) is 0 Å². The number of hydrogen-bond acceptors (Lipinski definition) is 3. The van der Waals surface area contributed by atoms with Gasteiger partial charge < -0.3 is 9.64 Å². The van der Waals surface area contributed by atoms with E-state index in [1.807, 2.05) is 12.3 Å². The van der Waals surface area contributed by atoms with Crippen LogP contribution in [-0.4, -0.2) is 35.5 Å². The van der Waals surface area contributed by atoms with Crippen molar-refractivity contribution < 1.29 is 9.53 Å². The van der Waals surface area contributed by atoms with Crippen LogP contribution in [-0.2, 0) is 16.0 Å². The molecule has 96 valence electrons. The quantitative estimate of drug-likeness (QED) is 0.815. The van der Waals surface area contributed by atoms with Crippen LogP contribution in [0.15, 0.2) is 18.3 Å². The molecule has 1 saturated heterocycles. The summed E-state index contributed by atoms with van der Waals surface area (Å²) in [5, 5.41) is 0. The molecule has 0 unspecified atom stereocenters. The third kappa shape index (κ3) is 1.81. The molecule has 0 N–H and O–H groups in total. The first-order valence-corrected chi connectivity index (χ1v) is 6.55. The number of hydrogen-bond donors (Lipinski definition) is 0. The molecule has 1 amide bonds. The van der Waals surface area contributed by atoms with Crippen LogP contribution >= 0.6 is 0 Å². The number of ether oxygens (including phenoxy) is 1. The van der Waals surface area contributed by atoms with Gasteiger partial charge in [0, 0.05) is 31.5 Å². The van der Waals surface area contributed by atoms with Gasteiger partial charge >= 0.3 is 0 Å². The smallest absolute Gasteiger partial charge is 0.225 e. The van der Waals surface area contributed by atoms with Crippen molar-refractivity contribution in [1.29, 1.82) is 0 Å². The van der Waals surface area contributed by atoms with Crippen LogP contribution < -0.4 is 0 Å². The standard InChI is InChI=1S/C14H18N2O2/c1-18-8-6-14(17)16-10-4-5-13(16)11-3-2-7-15-12(11)9-10/h2-3,7,10,13H,4-6,8-9H2,1H3/t10-,13+/m1/s1. The van der Waals surface area contributed by atoms with E-state index in [0.29, 0.717) is 19.1 Å². The lowest BCUT2D eigenvalue weighted by atomic mass is 9.97. The Morgan fingerprint density at radius 3 is 3.28 bits per heavy atom. The lowest BCUT2D eigenvalue weighted by molar-refractivity contribution is -0.135. The van der Waals surface area contributed by atoms with Crippen LogP contribution in [0.3, 0.4) is 0 Å². The second kappa shape index (κ2) is 4.69. The van der Waals surface area contributed by atoms with E-state index < -0.39 is 0 Å². The monoisotopic (exact) mass is 246 g/mol. The highest BCUT2D eigenvalue weighted by Crippen LogP contribution is 2.43. The Labute approximate surface area is 107 Å². The summed E-state index contributed by atoms with van der Waals surface area (Å²) in [7, 11) is 1.64. The minimum absolute atomic E-state index is 0.221. The van der Waals surface area contributed by atoms with Crippen molar-refractivity contribution >= 4 is 5.91 Å². The first kappa shape index (κ1) is 11.7. The fourth-order valence-corrected chi connectivity index (χ4v) is 3.23. The Balaban J connectivity index is 1.85. The molecule has 18 heavy (non-hydrogen) atoms. The van der Waals surface area contributed by atoms with E-state index in [4.69, 9.17) is 4.74 Å². The van der Waals surface area contributed by atoms with E-state index in [9.17, 15) is 4.79 Å². The number of pyridine rings is 1. The highest BCUT2D eigenvalue weighted by Gasteiger charge is 2.42. The highest BCUT2D eigenvalue weighted by molar-refractivity contribution is 5.78. The molecule has 4 heteroatoms. The number of fused-ring (bicyclic) bond motifs is 4. The second-order valence-electron chi connectivity index (χ2n) is 5.03. The normalized spacial score (nSPS) is 25.1. The molecule has 2 aliphatic rings. The van der Waals surface area contributed by atoms with E-state index >= 15 is 0 Å². The molecule has 0 radical (unpaired) electrons. The maximum Gasteiger partial charge on any atom is 0.225 e. The van der Waals surface area contributed by atoms with Gasteiger partial charge in [0.15, 0.2) is 0 Å². The van der Waals surface area contributed by atoms with Crippen LogP contribution in [0.5, 0.6) is 0 Å². The highest BCUT2D eigenvalue weighted by atomic mass is 16.5. The van der Waals surface area contributed by atoms with Gasteiger partial charge in [-0.15, -0.1) is 0 Å². The van der Waals surface area contributed by atoms with Gasteiger partial charge in [-0.05, 0) is 24.5 Å². The lowest BCUT2D eigenvalue weighted by Crippen LogP contribution is -2.42. The van der Waals surface area contributed by atoms with Gasteiger partial charge in [-0.1, -0.05) is 6.07 Å². The van der Waals surface area contributed by atoms with E-state index in [1.54, 1.807) is 7.11 Å². The summed E-state index contributed by atoms with van der Waals surface area (Å²) in [6.45, 7) is 0.509. The van der Waals surface area contributed by atoms with E-state index in [1.165, 1.54) is 11.3 Å². The molecule has 0 aliphatic carbocycles. The maximum atomic E-state index is 12.3. The maximum absolute atomic E-state index is 12.3. The van der Waals surface area contributed by atoms with Crippen LogP contribution in [0.4, 0.5) is 0 Å². The second-order valence-corrected chi connectivity index (χ2v) is 5.03. The summed E-state index contributed by atoms with van der Waals surface area (Å²) in [6, 6.07) is 4.68. The zero-order valence-corrected chi connectivity index (χ0v) is 10.6. The largest absolute Gasteiger partial charge is 0.384 e. The molecule has 4 nitrogen and oxygen atoms in total. The molecule has 3 heterocycles. The first-order valence-electron chi connectivity index (χ1n) is 6.55. The molecule has 1 aromatic rings. The molecule has 1 fully saturated rings. The molecule has 1 aromatic heterocycles. The van der Waals surface area contributed by atoms with Gasteiger partial charge in [0.1, 0.15) is 0 Å². The van der Waals surface area contributed by atoms with E-state index in [2.05, 4.69) is 16.0 Å².